The monoisotopic (exact) mass is 209 g/mol. The molecule has 2 aliphatic carbocycles. The molecule has 1 nitrogen and oxygen atoms in total. The van der Waals surface area contributed by atoms with Crippen molar-refractivity contribution in [2.45, 2.75) is 18.8 Å². The Bertz CT molecular complexity index is 506. The van der Waals surface area contributed by atoms with E-state index in [0.717, 1.165) is 12.1 Å². The Morgan fingerprint density at radius 2 is 2.12 bits per heavy atom. The highest BCUT2D eigenvalue weighted by atomic mass is 14.5. The molecular weight excluding hydrogens is 194 g/mol. The molecule has 0 heterocycles. The first-order valence-corrected chi connectivity index (χ1v) is 5.79. The van der Waals surface area contributed by atoms with Crippen LogP contribution in [0.1, 0.15) is 29.9 Å². The quantitative estimate of drug-likeness (QED) is 0.648. The number of hydrogen-bond donors (Lipinski definition) is 1. The van der Waals surface area contributed by atoms with Gasteiger partial charge in [-0.15, -0.1) is 0 Å². The van der Waals surface area contributed by atoms with E-state index in [2.05, 4.69) is 42.5 Å². The molecule has 2 N–H and O–H groups in total. The van der Waals surface area contributed by atoms with Gasteiger partial charge in [0.1, 0.15) is 0 Å². The van der Waals surface area contributed by atoms with E-state index in [4.69, 9.17) is 5.73 Å². The summed E-state index contributed by atoms with van der Waals surface area (Å²) in [5.41, 5.74) is 10.9. The summed E-state index contributed by atoms with van der Waals surface area (Å²) in [5, 5.41) is 0. The molecule has 0 saturated heterocycles. The van der Waals surface area contributed by atoms with E-state index in [1.807, 2.05) is 6.07 Å². The normalized spacial score (nSPS) is 22.0. The Morgan fingerprint density at radius 3 is 3.06 bits per heavy atom. The second-order valence-electron chi connectivity index (χ2n) is 4.45. The van der Waals surface area contributed by atoms with Crippen LogP contribution in [-0.4, -0.2) is 0 Å². The van der Waals surface area contributed by atoms with Gasteiger partial charge in [0, 0.05) is 11.6 Å². The maximum Gasteiger partial charge on any atom is 0.0317 e. The van der Waals surface area contributed by atoms with Crippen LogP contribution in [0.25, 0.3) is 6.08 Å². The maximum atomic E-state index is 5.88. The smallest absolute Gasteiger partial charge is 0.0317 e. The minimum Gasteiger partial charge on any atom is -0.399 e. The van der Waals surface area contributed by atoms with Gasteiger partial charge in [-0.25, -0.2) is 0 Å². The zero-order valence-corrected chi connectivity index (χ0v) is 9.19. The van der Waals surface area contributed by atoms with Crippen molar-refractivity contribution in [1.82, 2.24) is 0 Å². The van der Waals surface area contributed by atoms with Gasteiger partial charge in [-0.05, 0) is 41.7 Å². The number of fused-ring (bicyclic) bond motifs is 3. The van der Waals surface area contributed by atoms with Gasteiger partial charge in [-0.1, -0.05) is 36.4 Å². The molecule has 1 unspecified atom stereocenters. The fraction of sp³-hybridized carbons (Fsp3) is 0.200. The van der Waals surface area contributed by atoms with Crippen LogP contribution in [0.3, 0.4) is 0 Å². The number of benzene rings is 1. The molecule has 0 aromatic heterocycles. The van der Waals surface area contributed by atoms with Crippen molar-refractivity contribution in [3.05, 3.63) is 59.2 Å². The zero-order valence-electron chi connectivity index (χ0n) is 9.19. The fourth-order valence-corrected chi connectivity index (χ4v) is 2.56. The maximum absolute atomic E-state index is 5.88. The van der Waals surface area contributed by atoms with E-state index < -0.39 is 0 Å². The average molecular weight is 209 g/mol. The van der Waals surface area contributed by atoms with Crippen LogP contribution in [-0.2, 0) is 0 Å². The molecular formula is C15H15N. The summed E-state index contributed by atoms with van der Waals surface area (Å²) in [6.07, 6.45) is 13.4. The second-order valence-corrected chi connectivity index (χ2v) is 4.45. The number of nitrogens with two attached hydrogens (primary N) is 1. The third-order valence-corrected chi connectivity index (χ3v) is 3.39. The Kier molecular flexibility index (Phi) is 2.17. The van der Waals surface area contributed by atoms with Crippen LogP contribution in [0.4, 0.5) is 5.69 Å². The van der Waals surface area contributed by atoms with E-state index in [-0.39, 0.29) is 0 Å². The summed E-state index contributed by atoms with van der Waals surface area (Å²) >= 11 is 0. The number of nitrogen functional groups attached to an aromatic ring is 1. The predicted octanol–water partition coefficient (Wildman–Crippen LogP) is 3.66. The zero-order chi connectivity index (χ0) is 11.0. The molecule has 0 radical (unpaired) electrons. The third kappa shape index (κ3) is 1.49. The second kappa shape index (κ2) is 3.67. The standard InChI is InChI=1S/C15H15N/c16-13-9-8-12-7-6-11-4-2-1-3-5-14(11)15(12)10-13/h1-2,4,6-10,14H,3,5,16H2. The molecule has 16 heavy (non-hydrogen) atoms. The molecule has 0 spiro atoms. The van der Waals surface area contributed by atoms with Gasteiger partial charge in [0.25, 0.3) is 0 Å². The molecule has 80 valence electrons. The number of anilines is 1. The Hall–Kier alpha value is -1.76. The van der Waals surface area contributed by atoms with Gasteiger partial charge < -0.3 is 5.73 Å². The summed E-state index contributed by atoms with van der Waals surface area (Å²) in [7, 11) is 0. The van der Waals surface area contributed by atoms with E-state index in [9.17, 15) is 0 Å². The van der Waals surface area contributed by atoms with E-state index in [0.29, 0.717) is 5.92 Å². The van der Waals surface area contributed by atoms with Gasteiger partial charge in [-0.2, -0.15) is 0 Å². The predicted molar refractivity (Wildman–Crippen MR) is 69.1 cm³/mol. The van der Waals surface area contributed by atoms with Gasteiger partial charge in [-0.3, -0.25) is 0 Å². The summed E-state index contributed by atoms with van der Waals surface area (Å²) in [6, 6.07) is 6.23. The third-order valence-electron chi connectivity index (χ3n) is 3.39. The molecule has 1 aromatic rings. The van der Waals surface area contributed by atoms with Crippen molar-refractivity contribution >= 4 is 11.8 Å². The van der Waals surface area contributed by atoms with Crippen LogP contribution in [0.15, 0.2) is 48.1 Å². The lowest BCUT2D eigenvalue weighted by Gasteiger charge is -2.23. The molecule has 2 aliphatic rings. The number of rotatable bonds is 0. The van der Waals surface area contributed by atoms with E-state index in [1.54, 1.807) is 0 Å². The first-order chi connectivity index (χ1) is 7.84. The first kappa shape index (κ1) is 9.46. The number of hydrogen-bond acceptors (Lipinski definition) is 1. The Morgan fingerprint density at radius 1 is 1.19 bits per heavy atom. The van der Waals surface area contributed by atoms with Crippen LogP contribution < -0.4 is 5.73 Å². The van der Waals surface area contributed by atoms with E-state index in [1.165, 1.54) is 23.1 Å². The molecule has 1 atom stereocenters. The van der Waals surface area contributed by atoms with Crippen LogP contribution >= 0.6 is 0 Å². The minimum atomic E-state index is 0.526. The van der Waals surface area contributed by atoms with Crippen LogP contribution in [0, 0.1) is 0 Å². The molecule has 0 saturated carbocycles. The largest absolute Gasteiger partial charge is 0.399 e. The highest BCUT2D eigenvalue weighted by Gasteiger charge is 2.21. The highest BCUT2D eigenvalue weighted by molar-refractivity contribution is 5.67. The lowest BCUT2D eigenvalue weighted by molar-refractivity contribution is 0.729. The molecule has 0 aliphatic heterocycles. The van der Waals surface area contributed by atoms with Crippen LogP contribution in [0.2, 0.25) is 0 Å². The lowest BCUT2D eigenvalue weighted by Crippen LogP contribution is -2.07. The molecule has 1 heteroatoms. The van der Waals surface area contributed by atoms with Crippen molar-refractivity contribution < 1.29 is 0 Å². The van der Waals surface area contributed by atoms with Crippen molar-refractivity contribution in [2.24, 2.45) is 0 Å². The van der Waals surface area contributed by atoms with Gasteiger partial charge in [0.2, 0.25) is 0 Å². The highest BCUT2D eigenvalue weighted by Crippen LogP contribution is 2.38. The lowest BCUT2D eigenvalue weighted by atomic mass is 9.81. The Balaban J connectivity index is 2.13. The first-order valence-electron chi connectivity index (χ1n) is 5.79. The summed E-state index contributed by atoms with van der Waals surface area (Å²) in [4.78, 5) is 0. The van der Waals surface area contributed by atoms with Gasteiger partial charge in [0.15, 0.2) is 0 Å². The topological polar surface area (TPSA) is 26.0 Å². The molecule has 3 rings (SSSR count). The van der Waals surface area contributed by atoms with Gasteiger partial charge in [0.05, 0.1) is 0 Å². The summed E-state index contributed by atoms with van der Waals surface area (Å²) in [6.45, 7) is 0. The van der Waals surface area contributed by atoms with Crippen molar-refractivity contribution in [3.63, 3.8) is 0 Å². The van der Waals surface area contributed by atoms with Crippen molar-refractivity contribution in [3.8, 4) is 0 Å². The SMILES string of the molecule is Nc1ccc2c(c1)C1CCC=CC=C1C=C2. The Labute approximate surface area is 96.0 Å². The van der Waals surface area contributed by atoms with Gasteiger partial charge >= 0.3 is 0 Å². The molecule has 0 bridgehead atoms. The van der Waals surface area contributed by atoms with Crippen molar-refractivity contribution in [1.29, 1.82) is 0 Å². The summed E-state index contributed by atoms with van der Waals surface area (Å²) < 4.78 is 0. The fourth-order valence-electron chi connectivity index (χ4n) is 2.56. The van der Waals surface area contributed by atoms with E-state index >= 15 is 0 Å². The minimum absolute atomic E-state index is 0.526. The van der Waals surface area contributed by atoms with Crippen molar-refractivity contribution in [2.75, 3.05) is 5.73 Å². The average Bonchev–Trinajstić information content (AvgIpc) is 2.54. The summed E-state index contributed by atoms with van der Waals surface area (Å²) in [5.74, 6) is 0.526. The van der Waals surface area contributed by atoms with Crippen LogP contribution in [0.5, 0.6) is 0 Å². The number of allylic oxidation sites excluding steroid dienone is 5. The molecule has 1 aromatic carbocycles. The molecule has 0 fully saturated rings. The molecule has 0 amide bonds.